The first-order valence-electron chi connectivity index (χ1n) is 7.85. The van der Waals surface area contributed by atoms with Crippen LogP contribution in [0.3, 0.4) is 0 Å². The molecule has 1 aromatic rings. The van der Waals surface area contributed by atoms with Crippen LogP contribution in [0.15, 0.2) is 23.1 Å². The van der Waals surface area contributed by atoms with Gasteiger partial charge in [0, 0.05) is 16.7 Å². The van der Waals surface area contributed by atoms with Gasteiger partial charge in [0.25, 0.3) is 0 Å². The maximum Gasteiger partial charge on any atom is 0.240 e. The Morgan fingerprint density at radius 3 is 2.91 bits per heavy atom. The molecule has 1 saturated heterocycles. The number of fused-ring (bicyclic) bond motifs is 1. The van der Waals surface area contributed by atoms with Crippen molar-refractivity contribution in [2.24, 2.45) is 5.92 Å². The lowest BCUT2D eigenvalue weighted by Crippen LogP contribution is -2.47. The summed E-state index contributed by atoms with van der Waals surface area (Å²) >= 11 is 5.34. The van der Waals surface area contributed by atoms with E-state index < -0.39 is 0 Å². The Kier molecular flexibility index (Phi) is 5.30. The Bertz CT molecular complexity index is 601. The first-order chi connectivity index (χ1) is 11.0. The molecule has 0 aromatic heterocycles. The fraction of sp³-hybridized carbons (Fsp3) is 0.562. The van der Waals surface area contributed by atoms with Crippen molar-refractivity contribution in [3.05, 3.63) is 29.6 Å². The number of benzene rings is 1. The van der Waals surface area contributed by atoms with Crippen LogP contribution in [0.5, 0.6) is 0 Å². The molecule has 1 aromatic carbocycles. The van der Waals surface area contributed by atoms with Gasteiger partial charge in [-0.15, -0.1) is 11.8 Å². The standard InChI is InChI=1S/C16H21BrFN3OS/c1-8(2)14-13(17)15(21-20-14)16(22)19-11-5-6-23-12-4-3-9(18)7-10(11)12/h3-4,7-8,11,13-15,20-21H,5-6H2,1-2H3,(H,19,22). The Balaban J connectivity index is 1.71. The molecule has 0 aliphatic carbocycles. The summed E-state index contributed by atoms with van der Waals surface area (Å²) in [6, 6.07) is 4.53. The molecule has 4 nitrogen and oxygen atoms in total. The van der Waals surface area contributed by atoms with Gasteiger partial charge in [-0.25, -0.2) is 9.82 Å². The predicted octanol–water partition coefficient (Wildman–Crippen LogP) is 2.74. The van der Waals surface area contributed by atoms with E-state index in [1.165, 1.54) is 12.1 Å². The maximum absolute atomic E-state index is 13.6. The van der Waals surface area contributed by atoms with E-state index in [0.29, 0.717) is 5.92 Å². The van der Waals surface area contributed by atoms with Crippen LogP contribution in [0.1, 0.15) is 31.9 Å². The Morgan fingerprint density at radius 1 is 1.43 bits per heavy atom. The molecule has 126 valence electrons. The van der Waals surface area contributed by atoms with Gasteiger partial charge in [-0.1, -0.05) is 29.8 Å². The van der Waals surface area contributed by atoms with Crippen LogP contribution in [0, 0.1) is 11.7 Å². The highest BCUT2D eigenvalue weighted by molar-refractivity contribution is 9.09. The second-order valence-electron chi connectivity index (χ2n) is 6.36. The van der Waals surface area contributed by atoms with E-state index >= 15 is 0 Å². The van der Waals surface area contributed by atoms with E-state index in [1.807, 2.05) is 0 Å². The topological polar surface area (TPSA) is 53.2 Å². The number of rotatable bonds is 3. The number of halogens is 2. The molecule has 0 radical (unpaired) electrons. The molecule has 3 N–H and O–H groups in total. The minimum atomic E-state index is -0.339. The van der Waals surface area contributed by atoms with Crippen LogP contribution in [0.2, 0.25) is 0 Å². The molecule has 3 rings (SSSR count). The highest BCUT2D eigenvalue weighted by Gasteiger charge is 2.40. The number of hydrogen-bond donors (Lipinski definition) is 3. The van der Waals surface area contributed by atoms with Crippen molar-refractivity contribution in [2.75, 3.05) is 5.75 Å². The number of alkyl halides is 1. The molecule has 2 heterocycles. The third-order valence-corrected chi connectivity index (χ3v) is 6.62. The third kappa shape index (κ3) is 3.57. The lowest BCUT2D eigenvalue weighted by Gasteiger charge is -2.27. The first kappa shape index (κ1) is 17.2. The van der Waals surface area contributed by atoms with Crippen molar-refractivity contribution >= 4 is 33.6 Å². The van der Waals surface area contributed by atoms with Crippen LogP contribution in [0.25, 0.3) is 0 Å². The summed E-state index contributed by atoms with van der Waals surface area (Å²) in [5.74, 6) is 1.01. The molecule has 2 aliphatic rings. The fourth-order valence-corrected chi connectivity index (χ4v) is 5.29. The van der Waals surface area contributed by atoms with Gasteiger partial charge in [0.1, 0.15) is 11.9 Å². The summed E-state index contributed by atoms with van der Waals surface area (Å²) in [6.45, 7) is 4.23. The van der Waals surface area contributed by atoms with Crippen LogP contribution in [-0.4, -0.2) is 28.6 Å². The molecule has 0 saturated carbocycles. The number of carbonyl (C=O) groups excluding carboxylic acids is 1. The number of nitrogens with one attached hydrogen (secondary N) is 3. The number of hydrogen-bond acceptors (Lipinski definition) is 4. The average Bonchev–Trinajstić information content (AvgIpc) is 2.90. The lowest BCUT2D eigenvalue weighted by molar-refractivity contribution is -0.123. The molecular formula is C16H21BrFN3OS. The van der Waals surface area contributed by atoms with Gasteiger partial charge in [0.15, 0.2) is 0 Å². The van der Waals surface area contributed by atoms with E-state index in [2.05, 4.69) is 45.9 Å². The van der Waals surface area contributed by atoms with E-state index in [-0.39, 0.29) is 34.7 Å². The van der Waals surface area contributed by atoms with E-state index in [4.69, 9.17) is 0 Å². The SMILES string of the molecule is CC(C)C1NNC(C(=O)NC2CCSc3ccc(F)cc32)C1Br. The molecule has 0 spiro atoms. The normalized spacial score (nSPS) is 30.3. The second-order valence-corrected chi connectivity index (χ2v) is 8.56. The quantitative estimate of drug-likeness (QED) is 0.681. The zero-order valence-corrected chi connectivity index (χ0v) is 15.5. The molecule has 4 unspecified atom stereocenters. The largest absolute Gasteiger partial charge is 0.348 e. The Hall–Kier alpha value is -0.630. The summed E-state index contributed by atoms with van der Waals surface area (Å²) in [5, 5.41) is 3.08. The third-order valence-electron chi connectivity index (χ3n) is 4.40. The number of hydrazine groups is 1. The zero-order valence-electron chi connectivity index (χ0n) is 13.1. The highest BCUT2D eigenvalue weighted by atomic mass is 79.9. The van der Waals surface area contributed by atoms with Crippen LogP contribution >= 0.6 is 27.7 Å². The summed E-state index contributed by atoms with van der Waals surface area (Å²) in [6.07, 6.45) is 0.813. The van der Waals surface area contributed by atoms with Crippen molar-refractivity contribution in [3.63, 3.8) is 0 Å². The average molecular weight is 402 g/mol. The van der Waals surface area contributed by atoms with Crippen molar-refractivity contribution in [1.82, 2.24) is 16.2 Å². The highest BCUT2D eigenvalue weighted by Crippen LogP contribution is 2.36. The molecule has 23 heavy (non-hydrogen) atoms. The molecule has 1 fully saturated rings. The number of carbonyl (C=O) groups is 1. The van der Waals surface area contributed by atoms with Crippen molar-refractivity contribution < 1.29 is 9.18 Å². The zero-order chi connectivity index (χ0) is 16.6. The Morgan fingerprint density at radius 2 is 2.22 bits per heavy atom. The molecular weight excluding hydrogens is 381 g/mol. The summed E-state index contributed by atoms with van der Waals surface area (Å²) in [5.41, 5.74) is 7.14. The molecule has 1 amide bonds. The van der Waals surface area contributed by atoms with Gasteiger partial charge in [0.2, 0.25) is 5.91 Å². The monoisotopic (exact) mass is 401 g/mol. The van der Waals surface area contributed by atoms with Crippen LogP contribution in [-0.2, 0) is 4.79 Å². The van der Waals surface area contributed by atoms with E-state index in [0.717, 1.165) is 22.6 Å². The smallest absolute Gasteiger partial charge is 0.240 e. The summed E-state index contributed by atoms with van der Waals surface area (Å²) < 4.78 is 13.6. The predicted molar refractivity (Wildman–Crippen MR) is 94.0 cm³/mol. The summed E-state index contributed by atoms with van der Waals surface area (Å²) in [4.78, 5) is 13.7. The van der Waals surface area contributed by atoms with Crippen LogP contribution in [0.4, 0.5) is 4.39 Å². The maximum atomic E-state index is 13.6. The number of amides is 1. The van der Waals surface area contributed by atoms with Gasteiger partial charge in [-0.2, -0.15) is 0 Å². The van der Waals surface area contributed by atoms with Gasteiger partial charge < -0.3 is 5.32 Å². The molecule has 4 atom stereocenters. The van der Waals surface area contributed by atoms with Crippen molar-refractivity contribution in [2.45, 2.75) is 48.1 Å². The van der Waals surface area contributed by atoms with Gasteiger partial charge in [0.05, 0.1) is 10.9 Å². The first-order valence-corrected chi connectivity index (χ1v) is 9.75. The number of thioether (sulfide) groups is 1. The fourth-order valence-electron chi connectivity index (χ4n) is 3.07. The van der Waals surface area contributed by atoms with E-state index in [1.54, 1.807) is 17.8 Å². The molecule has 2 aliphatic heterocycles. The van der Waals surface area contributed by atoms with Crippen LogP contribution < -0.4 is 16.2 Å². The Labute approximate surface area is 148 Å². The van der Waals surface area contributed by atoms with Crippen molar-refractivity contribution in [1.29, 1.82) is 0 Å². The van der Waals surface area contributed by atoms with Gasteiger partial charge in [-0.05, 0) is 36.1 Å². The van der Waals surface area contributed by atoms with E-state index in [9.17, 15) is 9.18 Å². The van der Waals surface area contributed by atoms with Gasteiger partial charge in [-0.3, -0.25) is 10.2 Å². The minimum Gasteiger partial charge on any atom is -0.348 e. The van der Waals surface area contributed by atoms with Gasteiger partial charge >= 0.3 is 0 Å². The second kappa shape index (κ2) is 7.09. The lowest BCUT2D eigenvalue weighted by atomic mass is 9.98. The molecule has 7 heteroatoms. The minimum absolute atomic E-state index is 0.0208. The summed E-state index contributed by atoms with van der Waals surface area (Å²) in [7, 11) is 0. The van der Waals surface area contributed by atoms with Crippen molar-refractivity contribution in [3.8, 4) is 0 Å². The molecule has 0 bridgehead atoms.